The van der Waals surface area contributed by atoms with Crippen molar-refractivity contribution in [3.8, 4) is 17.0 Å². The summed E-state index contributed by atoms with van der Waals surface area (Å²) in [7, 11) is -3.97. The molecule has 0 aliphatic heterocycles. The van der Waals surface area contributed by atoms with Crippen molar-refractivity contribution in [3.63, 3.8) is 0 Å². The predicted octanol–water partition coefficient (Wildman–Crippen LogP) is 5.39. The van der Waals surface area contributed by atoms with Gasteiger partial charge in [-0.3, -0.25) is 9.48 Å². The molecule has 0 saturated heterocycles. The largest absolute Gasteiger partial charge is 0.483 e. The minimum absolute atomic E-state index is 0.00226. The Labute approximate surface area is 273 Å². The summed E-state index contributed by atoms with van der Waals surface area (Å²) in [6, 6.07) is 23.2. The number of nitrogens with zero attached hydrogens (tertiary/aromatic N) is 3. The lowest BCUT2D eigenvalue weighted by Crippen LogP contribution is -2.52. The minimum atomic E-state index is -3.97. The van der Waals surface area contributed by atoms with Crippen molar-refractivity contribution in [2.24, 2.45) is 5.92 Å². The lowest BCUT2D eigenvalue weighted by Gasteiger charge is -2.31. The molecule has 0 spiro atoms. The number of hydrogen-bond donors (Lipinski definition) is 2. The zero-order chi connectivity index (χ0) is 33.3. The molecule has 2 N–H and O–H groups in total. The topological polar surface area (TPSA) is 114 Å². The highest BCUT2D eigenvalue weighted by atomic mass is 32.2. The number of carbonyl (C=O) groups is 1. The van der Waals surface area contributed by atoms with Gasteiger partial charge >= 0.3 is 0 Å². The van der Waals surface area contributed by atoms with E-state index in [4.69, 9.17) is 4.74 Å². The van der Waals surface area contributed by atoms with Gasteiger partial charge in [0.05, 0.1) is 22.7 Å². The fourth-order valence-electron chi connectivity index (χ4n) is 5.49. The summed E-state index contributed by atoms with van der Waals surface area (Å²) < 4.78 is 37.0. The number of carbonyl (C=O) groups excluding carboxylic acids is 1. The fraction of sp³-hybridized carbons (Fsp3) is 0.389. The monoisotopic (exact) mass is 646 g/mol. The van der Waals surface area contributed by atoms with Gasteiger partial charge in [-0.25, -0.2) is 8.42 Å². The van der Waals surface area contributed by atoms with Crippen molar-refractivity contribution < 1.29 is 23.1 Å². The Morgan fingerprint density at radius 2 is 1.63 bits per heavy atom. The van der Waals surface area contributed by atoms with Crippen molar-refractivity contribution in [2.45, 2.75) is 71.0 Å². The molecule has 0 saturated carbocycles. The lowest BCUT2D eigenvalue weighted by molar-refractivity contribution is -0.124. The van der Waals surface area contributed by atoms with Crippen LogP contribution >= 0.6 is 0 Å². The second-order valence-electron chi connectivity index (χ2n) is 12.1. The summed E-state index contributed by atoms with van der Waals surface area (Å²) in [6.45, 7) is 10.3. The first-order valence-electron chi connectivity index (χ1n) is 15.8. The number of nitrogens with one attached hydrogen (secondary N) is 1. The normalized spacial score (nSPS) is 13.1. The summed E-state index contributed by atoms with van der Waals surface area (Å²) in [4.78, 5) is 13.3. The second kappa shape index (κ2) is 16.0. The third-order valence-corrected chi connectivity index (χ3v) is 9.61. The van der Waals surface area contributed by atoms with Crippen LogP contribution in [0.1, 0.15) is 43.9 Å². The molecule has 9 nitrogen and oxygen atoms in total. The molecule has 0 aliphatic carbocycles. The molecular weight excluding hydrogens is 600 g/mol. The van der Waals surface area contributed by atoms with Crippen LogP contribution in [0.5, 0.6) is 5.75 Å². The summed E-state index contributed by atoms with van der Waals surface area (Å²) in [6.07, 6.45) is 1.79. The SMILES string of the molecule is CCCn1nccc1-c1ccc(S(=O)(=O)N(CC(C)C)C[C@H](O)[C@H](Cc2ccccc2)NC(=O)COc2c(C)cccc2C)cc1. The maximum Gasteiger partial charge on any atom is 0.258 e. The Morgan fingerprint density at radius 3 is 2.26 bits per heavy atom. The van der Waals surface area contributed by atoms with Crippen LogP contribution in [0.25, 0.3) is 11.3 Å². The van der Waals surface area contributed by atoms with Gasteiger partial charge in [0.15, 0.2) is 6.61 Å². The first kappa shape index (κ1) is 34.9. The molecule has 0 fully saturated rings. The third kappa shape index (κ3) is 9.05. The highest BCUT2D eigenvalue weighted by Gasteiger charge is 2.31. The minimum Gasteiger partial charge on any atom is -0.483 e. The van der Waals surface area contributed by atoms with Crippen molar-refractivity contribution in [1.82, 2.24) is 19.4 Å². The zero-order valence-electron chi connectivity index (χ0n) is 27.4. The van der Waals surface area contributed by atoms with Gasteiger partial charge in [-0.2, -0.15) is 9.40 Å². The summed E-state index contributed by atoms with van der Waals surface area (Å²) in [5.41, 5.74) is 4.53. The highest BCUT2D eigenvalue weighted by molar-refractivity contribution is 7.89. The number of aromatic nitrogens is 2. The molecule has 4 rings (SSSR count). The molecular formula is C36H46N4O5S. The van der Waals surface area contributed by atoms with E-state index in [-0.39, 0.29) is 30.5 Å². The first-order chi connectivity index (χ1) is 22.0. The second-order valence-corrected chi connectivity index (χ2v) is 14.1. The van der Waals surface area contributed by atoms with Crippen LogP contribution < -0.4 is 10.1 Å². The molecule has 3 aromatic carbocycles. The number of aliphatic hydroxyl groups excluding tert-OH is 1. The Morgan fingerprint density at radius 1 is 0.957 bits per heavy atom. The van der Waals surface area contributed by atoms with Gasteiger partial charge in [-0.15, -0.1) is 0 Å². The number of para-hydroxylation sites is 1. The molecule has 4 aromatic rings. The van der Waals surface area contributed by atoms with E-state index in [1.807, 2.05) is 87.0 Å². The molecule has 2 atom stereocenters. The molecule has 0 radical (unpaired) electrons. The Hall–Kier alpha value is -3.99. The molecule has 1 heterocycles. The van der Waals surface area contributed by atoms with Crippen LogP contribution in [0.15, 0.2) is 90.0 Å². The van der Waals surface area contributed by atoms with E-state index in [9.17, 15) is 18.3 Å². The summed E-state index contributed by atoms with van der Waals surface area (Å²) in [5.74, 6) is 0.240. The van der Waals surface area contributed by atoms with Crippen LogP contribution in [0.2, 0.25) is 0 Å². The molecule has 1 amide bonds. The highest BCUT2D eigenvalue weighted by Crippen LogP contribution is 2.25. The van der Waals surface area contributed by atoms with Gasteiger partial charge in [0.2, 0.25) is 10.0 Å². The van der Waals surface area contributed by atoms with Crippen molar-refractivity contribution in [1.29, 1.82) is 0 Å². The fourth-order valence-corrected chi connectivity index (χ4v) is 7.11. The lowest BCUT2D eigenvalue weighted by atomic mass is 10.0. The van der Waals surface area contributed by atoms with Gasteiger partial charge < -0.3 is 15.2 Å². The number of amides is 1. The van der Waals surface area contributed by atoms with Gasteiger partial charge in [-0.1, -0.05) is 81.4 Å². The van der Waals surface area contributed by atoms with Crippen LogP contribution in [0.3, 0.4) is 0 Å². The van der Waals surface area contributed by atoms with Crippen LogP contribution in [0.4, 0.5) is 0 Å². The van der Waals surface area contributed by atoms with E-state index < -0.39 is 28.1 Å². The van der Waals surface area contributed by atoms with E-state index in [0.29, 0.717) is 12.2 Å². The maximum absolute atomic E-state index is 14.0. The van der Waals surface area contributed by atoms with Gasteiger partial charge in [0.25, 0.3) is 5.91 Å². The quantitative estimate of drug-likeness (QED) is 0.169. The molecule has 10 heteroatoms. The maximum atomic E-state index is 14.0. The summed E-state index contributed by atoms with van der Waals surface area (Å²) in [5, 5.41) is 18.9. The number of rotatable bonds is 16. The average molecular weight is 647 g/mol. The Kier molecular flexibility index (Phi) is 12.1. The molecule has 1 aromatic heterocycles. The third-order valence-electron chi connectivity index (χ3n) is 7.76. The zero-order valence-corrected chi connectivity index (χ0v) is 28.2. The van der Waals surface area contributed by atoms with Gasteiger partial charge in [0, 0.05) is 25.8 Å². The van der Waals surface area contributed by atoms with E-state index in [1.54, 1.807) is 30.5 Å². The predicted molar refractivity (Wildman–Crippen MR) is 181 cm³/mol. The number of aryl methyl sites for hydroxylation is 3. The van der Waals surface area contributed by atoms with Crippen LogP contribution in [0, 0.1) is 19.8 Å². The van der Waals surface area contributed by atoms with E-state index >= 15 is 0 Å². The van der Waals surface area contributed by atoms with Crippen LogP contribution in [-0.2, 0) is 27.8 Å². The van der Waals surface area contributed by atoms with Gasteiger partial charge in [-0.05, 0) is 73.1 Å². The van der Waals surface area contributed by atoms with Crippen molar-refractivity contribution in [2.75, 3.05) is 19.7 Å². The average Bonchev–Trinajstić information content (AvgIpc) is 3.49. The molecule has 0 unspecified atom stereocenters. The van der Waals surface area contributed by atoms with Crippen LogP contribution in [-0.4, -0.2) is 65.4 Å². The molecule has 246 valence electrons. The number of sulfonamides is 1. The number of benzene rings is 3. The van der Waals surface area contributed by atoms with E-state index in [0.717, 1.165) is 40.9 Å². The van der Waals surface area contributed by atoms with E-state index in [1.165, 1.54) is 4.31 Å². The van der Waals surface area contributed by atoms with Gasteiger partial charge in [0.1, 0.15) is 5.75 Å². The molecule has 0 bridgehead atoms. The summed E-state index contributed by atoms with van der Waals surface area (Å²) >= 11 is 0. The van der Waals surface area contributed by atoms with Crippen molar-refractivity contribution in [3.05, 3.63) is 102 Å². The molecule has 0 aliphatic rings. The number of ether oxygens (including phenoxy) is 1. The van der Waals surface area contributed by atoms with E-state index in [2.05, 4.69) is 17.3 Å². The number of aliphatic hydroxyl groups is 1. The Bertz CT molecular complexity index is 1650. The standard InChI is InChI=1S/C36H46N4O5S/c1-6-21-40-33(19-20-37-40)30-15-17-31(18-16-30)46(43,44)39(23-26(2)3)24-34(41)32(22-29-13-8-7-9-14-29)38-35(42)25-45-36-27(4)11-10-12-28(36)5/h7-20,26,32,34,41H,6,21-25H2,1-5H3,(H,38,42)/t32-,34-/m0/s1. The number of hydrogen-bond acceptors (Lipinski definition) is 6. The smallest absolute Gasteiger partial charge is 0.258 e. The Balaban J connectivity index is 1.54. The first-order valence-corrected chi connectivity index (χ1v) is 17.3. The van der Waals surface area contributed by atoms with Crippen molar-refractivity contribution >= 4 is 15.9 Å². The molecule has 46 heavy (non-hydrogen) atoms.